The molecule has 0 bridgehead atoms. The van der Waals surface area contributed by atoms with Gasteiger partial charge in [-0.25, -0.2) is 0 Å². The summed E-state index contributed by atoms with van der Waals surface area (Å²) in [7, 11) is 2.03. The molecule has 5 heteroatoms. The van der Waals surface area contributed by atoms with Gasteiger partial charge in [0.1, 0.15) is 0 Å². The fraction of sp³-hybridized carbons (Fsp3) is 0.786. The van der Waals surface area contributed by atoms with E-state index in [2.05, 4.69) is 39.8 Å². The molecule has 3 nitrogen and oxygen atoms in total. The number of rotatable bonds is 4. The van der Waals surface area contributed by atoms with E-state index in [0.29, 0.717) is 11.3 Å². The standard InChI is InChI=1S/C14H23BrClN3/c1-4-12-14(15)13(18(3)17-12)9-19-7-5-11(6-8-19)10(2)16/h10-11H,4-9H2,1-3H3. The van der Waals surface area contributed by atoms with Gasteiger partial charge in [-0.1, -0.05) is 6.92 Å². The molecule has 1 aliphatic heterocycles. The van der Waals surface area contributed by atoms with Crippen molar-refractivity contribution in [2.75, 3.05) is 13.1 Å². The monoisotopic (exact) mass is 347 g/mol. The van der Waals surface area contributed by atoms with Crippen LogP contribution in [0.2, 0.25) is 0 Å². The molecule has 1 saturated heterocycles. The highest BCUT2D eigenvalue weighted by molar-refractivity contribution is 9.10. The third kappa shape index (κ3) is 3.53. The Hall–Kier alpha value is -0.0600. The summed E-state index contributed by atoms with van der Waals surface area (Å²) in [6.45, 7) is 7.52. The normalized spacial score (nSPS) is 19.8. The zero-order valence-electron chi connectivity index (χ0n) is 12.0. The van der Waals surface area contributed by atoms with E-state index in [-0.39, 0.29) is 0 Å². The lowest BCUT2D eigenvalue weighted by Crippen LogP contribution is -2.36. The second-order valence-electron chi connectivity index (χ2n) is 5.48. The average Bonchev–Trinajstić information content (AvgIpc) is 2.67. The van der Waals surface area contributed by atoms with Crippen LogP contribution in [-0.4, -0.2) is 33.1 Å². The molecule has 0 amide bonds. The van der Waals surface area contributed by atoms with Crippen molar-refractivity contribution in [1.29, 1.82) is 0 Å². The maximum atomic E-state index is 6.20. The molecule has 1 fully saturated rings. The first-order valence-electron chi connectivity index (χ1n) is 7.09. The zero-order valence-corrected chi connectivity index (χ0v) is 14.3. The molecule has 1 aliphatic rings. The third-order valence-electron chi connectivity index (χ3n) is 4.16. The SMILES string of the molecule is CCc1nn(C)c(CN2CCC(C(C)Cl)CC2)c1Br. The fourth-order valence-corrected chi connectivity index (χ4v) is 3.77. The molecule has 2 heterocycles. The van der Waals surface area contributed by atoms with E-state index in [4.69, 9.17) is 11.6 Å². The zero-order chi connectivity index (χ0) is 14.0. The van der Waals surface area contributed by atoms with Crippen LogP contribution >= 0.6 is 27.5 Å². The average molecular weight is 349 g/mol. The van der Waals surface area contributed by atoms with Gasteiger partial charge in [-0.3, -0.25) is 9.58 Å². The molecule has 1 atom stereocenters. The molecule has 1 unspecified atom stereocenters. The van der Waals surface area contributed by atoms with Gasteiger partial charge >= 0.3 is 0 Å². The third-order valence-corrected chi connectivity index (χ3v) is 5.43. The molecule has 0 aromatic carbocycles. The molecule has 0 spiro atoms. The van der Waals surface area contributed by atoms with Gasteiger partial charge in [-0.15, -0.1) is 11.6 Å². The van der Waals surface area contributed by atoms with Crippen molar-refractivity contribution in [2.45, 2.75) is 45.0 Å². The van der Waals surface area contributed by atoms with Crippen molar-refractivity contribution in [2.24, 2.45) is 13.0 Å². The molecule has 2 rings (SSSR count). The van der Waals surface area contributed by atoms with Crippen LogP contribution in [0.1, 0.15) is 38.1 Å². The van der Waals surface area contributed by atoms with Gasteiger partial charge in [0.15, 0.2) is 0 Å². The topological polar surface area (TPSA) is 21.1 Å². The summed E-state index contributed by atoms with van der Waals surface area (Å²) in [5.74, 6) is 0.680. The van der Waals surface area contributed by atoms with Gasteiger partial charge in [0, 0.05) is 19.0 Å². The summed E-state index contributed by atoms with van der Waals surface area (Å²) in [6.07, 6.45) is 3.39. The summed E-state index contributed by atoms with van der Waals surface area (Å²) in [6, 6.07) is 0. The lowest BCUT2D eigenvalue weighted by Gasteiger charge is -2.33. The van der Waals surface area contributed by atoms with Gasteiger partial charge in [-0.2, -0.15) is 5.10 Å². The van der Waals surface area contributed by atoms with Gasteiger partial charge in [0.25, 0.3) is 0 Å². The van der Waals surface area contributed by atoms with Crippen LogP contribution in [0.25, 0.3) is 0 Å². The van der Waals surface area contributed by atoms with Crippen LogP contribution in [0.15, 0.2) is 4.47 Å². The highest BCUT2D eigenvalue weighted by Crippen LogP contribution is 2.27. The molecule has 19 heavy (non-hydrogen) atoms. The number of hydrogen-bond donors (Lipinski definition) is 0. The van der Waals surface area contributed by atoms with Crippen LogP contribution in [0.3, 0.4) is 0 Å². The van der Waals surface area contributed by atoms with Crippen molar-refractivity contribution in [3.63, 3.8) is 0 Å². The number of halogens is 2. The number of alkyl halides is 1. The lowest BCUT2D eigenvalue weighted by atomic mass is 9.94. The quantitative estimate of drug-likeness (QED) is 0.775. The Labute approximate surface area is 129 Å². The van der Waals surface area contributed by atoms with Crippen molar-refractivity contribution in [1.82, 2.24) is 14.7 Å². The first kappa shape index (κ1) is 15.3. The molecular formula is C14H23BrClN3. The lowest BCUT2D eigenvalue weighted by molar-refractivity contribution is 0.173. The Morgan fingerprint density at radius 1 is 1.42 bits per heavy atom. The van der Waals surface area contributed by atoms with E-state index in [1.807, 2.05) is 11.7 Å². The van der Waals surface area contributed by atoms with Crippen molar-refractivity contribution < 1.29 is 0 Å². The molecule has 1 aromatic heterocycles. The van der Waals surface area contributed by atoms with Gasteiger partial charge in [0.05, 0.1) is 15.9 Å². The maximum absolute atomic E-state index is 6.20. The first-order valence-corrected chi connectivity index (χ1v) is 8.32. The molecule has 108 valence electrons. The molecule has 0 N–H and O–H groups in total. The van der Waals surface area contributed by atoms with Crippen molar-refractivity contribution >= 4 is 27.5 Å². The predicted octanol–water partition coefficient (Wildman–Crippen LogP) is 3.58. The van der Waals surface area contributed by atoms with Crippen molar-refractivity contribution in [3.8, 4) is 0 Å². The minimum absolute atomic E-state index is 0.303. The Morgan fingerprint density at radius 2 is 2.05 bits per heavy atom. The van der Waals surface area contributed by atoms with Crippen LogP contribution in [0.5, 0.6) is 0 Å². The van der Waals surface area contributed by atoms with Gasteiger partial charge in [0.2, 0.25) is 0 Å². The molecule has 0 saturated carbocycles. The summed E-state index contributed by atoms with van der Waals surface area (Å²) < 4.78 is 3.20. The first-order chi connectivity index (χ1) is 9.02. The summed E-state index contributed by atoms with van der Waals surface area (Å²) >= 11 is 9.89. The molecule has 1 aromatic rings. The molecule has 0 radical (unpaired) electrons. The summed E-state index contributed by atoms with van der Waals surface area (Å²) in [5, 5.41) is 4.86. The van der Waals surface area contributed by atoms with Crippen LogP contribution < -0.4 is 0 Å². The molecular weight excluding hydrogens is 326 g/mol. The second-order valence-corrected chi connectivity index (χ2v) is 6.96. The molecule has 0 aliphatic carbocycles. The van der Waals surface area contributed by atoms with Crippen LogP contribution in [0, 0.1) is 5.92 Å². The Balaban J connectivity index is 1.98. The highest BCUT2D eigenvalue weighted by atomic mass is 79.9. The van der Waals surface area contributed by atoms with Gasteiger partial charge < -0.3 is 0 Å². The van der Waals surface area contributed by atoms with E-state index in [0.717, 1.165) is 31.7 Å². The largest absolute Gasteiger partial charge is 0.297 e. The van der Waals surface area contributed by atoms with Crippen LogP contribution in [-0.2, 0) is 20.0 Å². The maximum Gasteiger partial charge on any atom is 0.0767 e. The Bertz CT molecular complexity index is 423. The summed E-state index contributed by atoms with van der Waals surface area (Å²) in [4.78, 5) is 2.51. The highest BCUT2D eigenvalue weighted by Gasteiger charge is 2.24. The van der Waals surface area contributed by atoms with Crippen molar-refractivity contribution in [3.05, 3.63) is 15.9 Å². The predicted molar refractivity (Wildman–Crippen MR) is 83.6 cm³/mol. The van der Waals surface area contributed by atoms with E-state index in [1.54, 1.807) is 0 Å². The second kappa shape index (κ2) is 6.59. The minimum atomic E-state index is 0.303. The van der Waals surface area contributed by atoms with E-state index < -0.39 is 0 Å². The van der Waals surface area contributed by atoms with E-state index in [1.165, 1.54) is 23.0 Å². The van der Waals surface area contributed by atoms with E-state index in [9.17, 15) is 0 Å². The van der Waals surface area contributed by atoms with Gasteiger partial charge in [-0.05, 0) is 61.1 Å². The number of nitrogens with zero attached hydrogens (tertiary/aromatic N) is 3. The van der Waals surface area contributed by atoms with Crippen LogP contribution in [0.4, 0.5) is 0 Å². The fourth-order valence-electron chi connectivity index (χ4n) is 2.77. The number of hydrogen-bond acceptors (Lipinski definition) is 2. The number of piperidine rings is 1. The smallest absolute Gasteiger partial charge is 0.0767 e. The summed E-state index contributed by atoms with van der Waals surface area (Å²) in [5.41, 5.74) is 2.44. The Morgan fingerprint density at radius 3 is 2.53 bits per heavy atom. The number of likely N-dealkylation sites (tertiary alicyclic amines) is 1. The van der Waals surface area contributed by atoms with E-state index >= 15 is 0 Å². The number of aryl methyl sites for hydroxylation is 2. The number of aromatic nitrogens is 2. The minimum Gasteiger partial charge on any atom is -0.297 e. The Kier molecular flexibility index (Phi) is 5.32.